The number of thiophene rings is 1. The molecule has 5 rings (SSSR count). The highest BCUT2D eigenvalue weighted by Gasteiger charge is 2.30. The van der Waals surface area contributed by atoms with Gasteiger partial charge >= 0.3 is 16.6 Å². The number of rotatable bonds is 9. The van der Waals surface area contributed by atoms with Crippen molar-refractivity contribution >= 4 is 40.0 Å². The first kappa shape index (κ1) is 26.9. The number of hydrogen-bond acceptors (Lipinski definition) is 8. The highest BCUT2D eigenvalue weighted by atomic mass is 32.2. The number of nitrogens with zero attached hydrogens (tertiary/aromatic N) is 2. The van der Waals surface area contributed by atoms with E-state index in [1.54, 1.807) is 6.92 Å². The third-order valence-electron chi connectivity index (χ3n) is 6.36. The van der Waals surface area contributed by atoms with Crippen LogP contribution in [0.1, 0.15) is 38.8 Å². The monoisotopic (exact) mass is 565 g/mol. The molecule has 2 aromatic heterocycles. The van der Waals surface area contributed by atoms with E-state index in [2.05, 4.69) is 27.6 Å². The van der Waals surface area contributed by atoms with Crippen LogP contribution >= 0.6 is 23.1 Å². The highest BCUT2D eigenvalue weighted by molar-refractivity contribution is 7.99. The number of aromatic amines is 1. The molecule has 2 N–H and O–H groups in total. The molecule has 0 unspecified atom stereocenters. The number of thioether (sulfide) groups is 1. The zero-order valence-corrected chi connectivity index (χ0v) is 23.3. The summed E-state index contributed by atoms with van der Waals surface area (Å²) in [6, 6.07) is 17.8. The van der Waals surface area contributed by atoms with Crippen LogP contribution in [0.15, 0.2) is 68.9 Å². The lowest BCUT2D eigenvalue weighted by molar-refractivity contribution is -0.704. The summed E-state index contributed by atoms with van der Waals surface area (Å²) < 4.78 is 11.8. The molecule has 39 heavy (non-hydrogen) atoms. The first-order valence-electron chi connectivity index (χ1n) is 12.6. The Morgan fingerprint density at radius 3 is 2.69 bits per heavy atom. The highest BCUT2D eigenvalue weighted by Crippen LogP contribution is 2.38. The molecule has 3 heterocycles. The summed E-state index contributed by atoms with van der Waals surface area (Å²) in [6.45, 7) is 6.28. The number of H-pyrrole nitrogens is 1. The molecule has 1 aliphatic heterocycles. The Labute approximate surface area is 233 Å². The van der Waals surface area contributed by atoms with Crippen molar-refractivity contribution in [2.75, 3.05) is 24.2 Å². The second kappa shape index (κ2) is 12.0. The number of amides is 1. The molecule has 0 atom stereocenters. The van der Waals surface area contributed by atoms with Crippen molar-refractivity contribution in [1.29, 1.82) is 0 Å². The van der Waals surface area contributed by atoms with Gasteiger partial charge in [-0.3, -0.25) is 14.2 Å². The number of esters is 1. The number of anilines is 1. The van der Waals surface area contributed by atoms with E-state index in [1.165, 1.54) is 21.6 Å². The Balaban J connectivity index is 1.31. The molecule has 1 aliphatic rings. The number of aryl methyl sites for hydroxylation is 1. The van der Waals surface area contributed by atoms with Crippen LogP contribution in [0.4, 0.5) is 5.00 Å². The molecule has 1 amide bonds. The van der Waals surface area contributed by atoms with Crippen molar-refractivity contribution in [2.45, 2.75) is 38.4 Å². The average molecular weight is 566 g/mol. The fraction of sp³-hybridized carbons (Fsp3) is 0.286. The van der Waals surface area contributed by atoms with Gasteiger partial charge in [0.2, 0.25) is 11.6 Å². The Kier molecular flexibility index (Phi) is 8.30. The zero-order chi connectivity index (χ0) is 27.4. The topological polar surface area (TPSA) is 109 Å². The Morgan fingerprint density at radius 1 is 1.18 bits per heavy atom. The minimum Gasteiger partial charge on any atom is -0.462 e. The lowest BCUT2D eigenvalue weighted by atomic mass is 10.0. The smallest absolute Gasteiger partial charge is 0.442 e. The van der Waals surface area contributed by atoms with Gasteiger partial charge in [0.15, 0.2) is 0 Å². The van der Waals surface area contributed by atoms with Crippen molar-refractivity contribution in [3.63, 3.8) is 0 Å². The lowest BCUT2D eigenvalue weighted by Crippen LogP contribution is -2.36. The number of carbonyl (C=O) groups excluding carboxylic acids is 2. The van der Waals surface area contributed by atoms with Crippen LogP contribution in [0.25, 0.3) is 5.69 Å². The maximum absolute atomic E-state index is 13.0. The first-order valence-corrected chi connectivity index (χ1v) is 14.4. The summed E-state index contributed by atoms with van der Waals surface area (Å²) in [4.78, 5) is 41.6. The van der Waals surface area contributed by atoms with Crippen LogP contribution in [0.5, 0.6) is 0 Å². The van der Waals surface area contributed by atoms with E-state index in [-0.39, 0.29) is 23.3 Å². The van der Waals surface area contributed by atoms with Crippen LogP contribution in [0.2, 0.25) is 0 Å². The fourth-order valence-corrected chi connectivity index (χ4v) is 6.55. The number of benzene rings is 2. The molecule has 0 spiro atoms. The van der Waals surface area contributed by atoms with Crippen LogP contribution < -0.4 is 15.6 Å². The van der Waals surface area contributed by atoms with Gasteiger partial charge < -0.3 is 10.1 Å². The predicted molar refractivity (Wildman–Crippen MR) is 149 cm³/mol. The number of aromatic nitrogens is 2. The molecular weight excluding hydrogens is 536 g/mol. The van der Waals surface area contributed by atoms with E-state index in [1.807, 2.05) is 49.4 Å². The van der Waals surface area contributed by atoms with Crippen LogP contribution in [0.3, 0.4) is 0 Å². The molecule has 202 valence electrons. The van der Waals surface area contributed by atoms with E-state index in [0.29, 0.717) is 29.2 Å². The molecule has 0 aliphatic carbocycles. The van der Waals surface area contributed by atoms with E-state index in [0.717, 1.165) is 40.9 Å². The summed E-state index contributed by atoms with van der Waals surface area (Å²) in [5, 5.41) is 6.23. The van der Waals surface area contributed by atoms with E-state index in [9.17, 15) is 14.4 Å². The largest absolute Gasteiger partial charge is 0.462 e. The summed E-state index contributed by atoms with van der Waals surface area (Å²) in [5.74, 6) is -0.807. The lowest BCUT2D eigenvalue weighted by Gasteiger charge is -2.27. The molecule has 11 heteroatoms. The number of ether oxygens (including phenoxy) is 1. The van der Waals surface area contributed by atoms with Gasteiger partial charge in [0.05, 0.1) is 17.9 Å². The summed E-state index contributed by atoms with van der Waals surface area (Å²) in [5.41, 5.74) is 3.83. The summed E-state index contributed by atoms with van der Waals surface area (Å²) in [6.07, 6.45) is 0.693. The minimum absolute atomic E-state index is 0.0422. The Bertz CT molecular complexity index is 1530. The quantitative estimate of drug-likeness (QED) is 0.179. The van der Waals surface area contributed by atoms with Gasteiger partial charge in [0.25, 0.3) is 0 Å². The van der Waals surface area contributed by atoms with E-state index < -0.39 is 11.6 Å². The first-order chi connectivity index (χ1) is 18.9. The molecular formula is C28H29N4O5S2+. The molecule has 2 aromatic carbocycles. The molecule has 0 saturated carbocycles. The van der Waals surface area contributed by atoms with Crippen molar-refractivity contribution in [1.82, 2.24) is 10.2 Å². The number of fused-ring (bicyclic) bond motifs is 1. The number of hydrogen-bond donors (Lipinski definition) is 2. The van der Waals surface area contributed by atoms with Gasteiger partial charge in [-0.05, 0) is 53.1 Å². The molecule has 0 saturated heterocycles. The number of nitrogens with one attached hydrogen (secondary N) is 2. The van der Waals surface area contributed by atoms with Crippen molar-refractivity contribution in [2.24, 2.45) is 0 Å². The third-order valence-corrected chi connectivity index (χ3v) is 8.52. The number of carbonyl (C=O) groups is 2. The molecule has 4 aromatic rings. The Morgan fingerprint density at radius 2 is 1.95 bits per heavy atom. The van der Waals surface area contributed by atoms with Gasteiger partial charge in [-0.2, -0.15) is 0 Å². The molecule has 0 radical (unpaired) electrons. The van der Waals surface area contributed by atoms with Gasteiger partial charge in [-0.25, -0.2) is 9.59 Å². The fourth-order valence-electron chi connectivity index (χ4n) is 4.49. The van der Waals surface area contributed by atoms with Crippen LogP contribution in [-0.4, -0.2) is 41.0 Å². The van der Waals surface area contributed by atoms with Crippen molar-refractivity contribution in [3.8, 4) is 5.69 Å². The van der Waals surface area contributed by atoms with Crippen molar-refractivity contribution in [3.05, 3.63) is 92.1 Å². The second-order valence-electron chi connectivity index (χ2n) is 9.17. The predicted octanol–water partition coefficient (Wildman–Crippen LogP) is 4.08. The standard InChI is InChI=1S/C28H28N4O5S2/c1-3-36-27(34)24-21-13-14-31(15-19-7-5-4-6-8-19)16-22(21)39-25(24)29-23(33)17-38-26-28(35)37-30-32(26)20-11-9-18(2)10-12-20/h4-12H,3,13-17H2,1-2H3,(H-,29,30,33,34,35)/p+1. The van der Waals surface area contributed by atoms with Gasteiger partial charge in [0, 0.05) is 36.6 Å². The van der Waals surface area contributed by atoms with E-state index in [4.69, 9.17) is 9.26 Å². The molecule has 0 bridgehead atoms. The van der Waals surface area contributed by atoms with Crippen LogP contribution in [-0.2, 0) is 29.0 Å². The molecule has 0 fully saturated rings. The Hall–Kier alpha value is -3.67. The van der Waals surface area contributed by atoms with Crippen LogP contribution in [0, 0.1) is 6.92 Å². The maximum atomic E-state index is 13.0. The summed E-state index contributed by atoms with van der Waals surface area (Å²) in [7, 11) is 0. The van der Waals surface area contributed by atoms with Gasteiger partial charge in [0.1, 0.15) is 5.00 Å². The zero-order valence-electron chi connectivity index (χ0n) is 21.7. The maximum Gasteiger partial charge on any atom is 0.442 e. The van der Waals surface area contributed by atoms with Gasteiger partial charge in [-0.15, -0.1) is 11.3 Å². The average Bonchev–Trinajstić information content (AvgIpc) is 3.47. The van der Waals surface area contributed by atoms with Crippen molar-refractivity contribution < 1.29 is 23.5 Å². The minimum atomic E-state index is -0.564. The SMILES string of the molecule is CCOC(=O)c1c(NC(=O)CSc2c(=O)o[nH][n+]2-c2ccc(C)cc2)sc2c1CCN(Cc1ccccc1)C2. The van der Waals surface area contributed by atoms with Gasteiger partial charge in [-0.1, -0.05) is 48.0 Å². The normalized spacial score (nSPS) is 13.2. The molecule has 9 nitrogen and oxygen atoms in total. The van der Waals surface area contributed by atoms with E-state index >= 15 is 0 Å². The second-order valence-corrected chi connectivity index (χ2v) is 11.2. The third kappa shape index (κ3) is 6.16. The summed E-state index contributed by atoms with van der Waals surface area (Å²) >= 11 is 2.47.